The molecule has 1 saturated heterocycles. The molecular formula is C15H16N4O2. The zero-order valence-electron chi connectivity index (χ0n) is 11.5. The van der Waals surface area contributed by atoms with Crippen LogP contribution in [0.1, 0.15) is 10.5 Å². The molecule has 1 aliphatic rings. The molecule has 1 aromatic heterocycles. The van der Waals surface area contributed by atoms with E-state index in [2.05, 4.69) is 20.2 Å². The Balaban J connectivity index is 1.80. The van der Waals surface area contributed by atoms with Crippen LogP contribution in [0.2, 0.25) is 0 Å². The minimum absolute atomic E-state index is 0.238. The summed E-state index contributed by atoms with van der Waals surface area (Å²) in [5.41, 5.74) is 2.13. The number of aromatic nitrogens is 2. The van der Waals surface area contributed by atoms with Gasteiger partial charge in [-0.25, -0.2) is 9.97 Å². The van der Waals surface area contributed by atoms with E-state index in [0.717, 1.165) is 24.5 Å². The predicted molar refractivity (Wildman–Crippen MR) is 79.5 cm³/mol. The number of nitrogens with one attached hydrogen (secondary N) is 1. The Kier molecular flexibility index (Phi) is 4.07. The average Bonchev–Trinajstić information content (AvgIpc) is 2.57. The fraction of sp³-hybridized carbons (Fsp3) is 0.267. The molecule has 2 aromatic rings. The third-order valence-electron chi connectivity index (χ3n) is 3.32. The van der Waals surface area contributed by atoms with E-state index in [4.69, 9.17) is 4.74 Å². The van der Waals surface area contributed by atoms with Gasteiger partial charge in [-0.1, -0.05) is 12.1 Å². The Morgan fingerprint density at radius 3 is 2.76 bits per heavy atom. The number of amides is 1. The van der Waals surface area contributed by atoms with Crippen LogP contribution >= 0.6 is 0 Å². The molecule has 0 saturated carbocycles. The fourth-order valence-corrected chi connectivity index (χ4v) is 2.27. The van der Waals surface area contributed by atoms with Crippen molar-refractivity contribution in [2.75, 3.05) is 36.5 Å². The summed E-state index contributed by atoms with van der Waals surface area (Å²) in [4.78, 5) is 22.2. The summed E-state index contributed by atoms with van der Waals surface area (Å²) in [5.74, 6) is -0.238. The van der Waals surface area contributed by atoms with E-state index < -0.39 is 0 Å². The summed E-state index contributed by atoms with van der Waals surface area (Å²) in [7, 11) is 0. The Hall–Kier alpha value is -2.47. The smallest absolute Gasteiger partial charge is 0.274 e. The first-order valence-corrected chi connectivity index (χ1v) is 6.84. The standard InChI is InChI=1S/C15H16N4O2/c20-15(13-5-6-16-11-17-13)18-12-3-1-2-4-14(12)19-7-9-21-10-8-19/h1-6,11H,7-10H2,(H,18,20). The van der Waals surface area contributed by atoms with Gasteiger partial charge in [0.05, 0.1) is 24.6 Å². The summed E-state index contributed by atoms with van der Waals surface area (Å²) < 4.78 is 5.37. The van der Waals surface area contributed by atoms with Gasteiger partial charge in [-0.15, -0.1) is 0 Å². The lowest BCUT2D eigenvalue weighted by atomic mass is 10.2. The van der Waals surface area contributed by atoms with Crippen molar-refractivity contribution in [3.63, 3.8) is 0 Å². The van der Waals surface area contributed by atoms with Crippen molar-refractivity contribution < 1.29 is 9.53 Å². The predicted octanol–water partition coefficient (Wildman–Crippen LogP) is 1.57. The average molecular weight is 284 g/mol. The maximum atomic E-state index is 12.2. The van der Waals surface area contributed by atoms with Crippen LogP contribution in [-0.2, 0) is 4.74 Å². The molecule has 0 unspecified atom stereocenters. The molecule has 1 amide bonds. The second-order valence-corrected chi connectivity index (χ2v) is 4.67. The maximum absolute atomic E-state index is 12.2. The van der Waals surface area contributed by atoms with Gasteiger partial charge in [-0.2, -0.15) is 0 Å². The van der Waals surface area contributed by atoms with Crippen molar-refractivity contribution in [1.82, 2.24) is 9.97 Å². The number of carbonyl (C=O) groups is 1. The normalized spacial score (nSPS) is 14.8. The molecular weight excluding hydrogens is 268 g/mol. The molecule has 1 aromatic carbocycles. The number of carbonyl (C=O) groups excluding carboxylic acids is 1. The van der Waals surface area contributed by atoms with Gasteiger partial charge < -0.3 is 15.0 Å². The quantitative estimate of drug-likeness (QED) is 0.926. The van der Waals surface area contributed by atoms with Crippen LogP contribution in [0.3, 0.4) is 0 Å². The van der Waals surface area contributed by atoms with Gasteiger partial charge in [0, 0.05) is 19.3 Å². The molecule has 2 heterocycles. The van der Waals surface area contributed by atoms with Gasteiger partial charge in [0.1, 0.15) is 12.0 Å². The largest absolute Gasteiger partial charge is 0.378 e. The monoisotopic (exact) mass is 284 g/mol. The summed E-state index contributed by atoms with van der Waals surface area (Å²) in [5, 5.41) is 2.91. The van der Waals surface area contributed by atoms with Crippen molar-refractivity contribution in [3.8, 4) is 0 Å². The van der Waals surface area contributed by atoms with E-state index >= 15 is 0 Å². The summed E-state index contributed by atoms with van der Waals surface area (Å²) >= 11 is 0. The second-order valence-electron chi connectivity index (χ2n) is 4.67. The first-order valence-electron chi connectivity index (χ1n) is 6.84. The Morgan fingerprint density at radius 1 is 1.19 bits per heavy atom. The van der Waals surface area contributed by atoms with Crippen LogP contribution in [0.15, 0.2) is 42.9 Å². The molecule has 3 rings (SSSR count). The van der Waals surface area contributed by atoms with Gasteiger partial charge in [-0.3, -0.25) is 4.79 Å². The van der Waals surface area contributed by atoms with Crippen molar-refractivity contribution in [3.05, 3.63) is 48.5 Å². The van der Waals surface area contributed by atoms with Gasteiger partial charge in [-0.05, 0) is 18.2 Å². The highest BCUT2D eigenvalue weighted by Gasteiger charge is 2.16. The molecule has 0 bridgehead atoms. The Morgan fingerprint density at radius 2 is 2.00 bits per heavy atom. The zero-order valence-corrected chi connectivity index (χ0v) is 11.5. The number of rotatable bonds is 3. The van der Waals surface area contributed by atoms with Crippen LogP contribution in [0, 0.1) is 0 Å². The lowest BCUT2D eigenvalue weighted by Gasteiger charge is -2.30. The van der Waals surface area contributed by atoms with Gasteiger partial charge in [0.2, 0.25) is 0 Å². The molecule has 1 aliphatic heterocycles. The van der Waals surface area contributed by atoms with E-state index in [0.29, 0.717) is 18.9 Å². The lowest BCUT2D eigenvalue weighted by Crippen LogP contribution is -2.36. The van der Waals surface area contributed by atoms with Crippen molar-refractivity contribution >= 4 is 17.3 Å². The van der Waals surface area contributed by atoms with Crippen LogP contribution < -0.4 is 10.2 Å². The van der Waals surface area contributed by atoms with Crippen LogP contribution in [0.4, 0.5) is 11.4 Å². The summed E-state index contributed by atoms with van der Waals surface area (Å²) in [6, 6.07) is 9.35. The number of anilines is 2. The molecule has 6 heteroatoms. The Bertz CT molecular complexity index is 612. The number of para-hydroxylation sites is 2. The number of hydrogen-bond acceptors (Lipinski definition) is 5. The zero-order chi connectivity index (χ0) is 14.5. The second kappa shape index (κ2) is 6.32. The lowest BCUT2D eigenvalue weighted by molar-refractivity contribution is 0.102. The molecule has 0 radical (unpaired) electrons. The number of morpholine rings is 1. The highest BCUT2D eigenvalue weighted by molar-refractivity contribution is 6.04. The Labute approximate surface area is 122 Å². The van der Waals surface area contributed by atoms with Gasteiger partial charge >= 0.3 is 0 Å². The minimum atomic E-state index is -0.238. The molecule has 0 aliphatic carbocycles. The third-order valence-corrected chi connectivity index (χ3v) is 3.32. The number of nitrogens with zero attached hydrogens (tertiary/aromatic N) is 3. The topological polar surface area (TPSA) is 67.4 Å². The van der Waals surface area contributed by atoms with Crippen LogP contribution in [-0.4, -0.2) is 42.2 Å². The van der Waals surface area contributed by atoms with Crippen molar-refractivity contribution in [2.45, 2.75) is 0 Å². The molecule has 6 nitrogen and oxygen atoms in total. The molecule has 0 spiro atoms. The van der Waals surface area contributed by atoms with Crippen molar-refractivity contribution in [1.29, 1.82) is 0 Å². The van der Waals surface area contributed by atoms with E-state index in [9.17, 15) is 4.79 Å². The first kappa shape index (κ1) is 13.5. The third kappa shape index (κ3) is 3.17. The van der Waals surface area contributed by atoms with Crippen LogP contribution in [0.25, 0.3) is 0 Å². The van der Waals surface area contributed by atoms with Gasteiger partial charge in [0.15, 0.2) is 0 Å². The fourth-order valence-electron chi connectivity index (χ4n) is 2.27. The summed E-state index contributed by atoms with van der Waals surface area (Å²) in [6.07, 6.45) is 2.92. The molecule has 108 valence electrons. The maximum Gasteiger partial charge on any atom is 0.274 e. The SMILES string of the molecule is O=C(Nc1ccccc1N1CCOCC1)c1ccncn1. The summed E-state index contributed by atoms with van der Waals surface area (Å²) in [6.45, 7) is 3.04. The van der Waals surface area contributed by atoms with E-state index in [1.54, 1.807) is 12.3 Å². The number of benzene rings is 1. The van der Waals surface area contributed by atoms with E-state index in [1.165, 1.54) is 6.33 Å². The van der Waals surface area contributed by atoms with E-state index in [-0.39, 0.29) is 5.91 Å². The first-order chi connectivity index (χ1) is 10.3. The van der Waals surface area contributed by atoms with Crippen molar-refractivity contribution in [2.24, 2.45) is 0 Å². The van der Waals surface area contributed by atoms with Crippen LogP contribution in [0.5, 0.6) is 0 Å². The molecule has 1 N–H and O–H groups in total. The number of ether oxygens (including phenoxy) is 1. The molecule has 1 fully saturated rings. The van der Waals surface area contributed by atoms with Gasteiger partial charge in [0.25, 0.3) is 5.91 Å². The highest BCUT2D eigenvalue weighted by Crippen LogP contribution is 2.26. The highest BCUT2D eigenvalue weighted by atomic mass is 16.5. The molecule has 0 atom stereocenters. The number of hydrogen-bond donors (Lipinski definition) is 1. The molecule has 21 heavy (non-hydrogen) atoms. The minimum Gasteiger partial charge on any atom is -0.378 e. The van der Waals surface area contributed by atoms with E-state index in [1.807, 2.05) is 24.3 Å².